The Morgan fingerprint density at radius 2 is 1.81 bits per heavy atom. The van der Waals surface area contributed by atoms with Crippen LogP contribution in [0.3, 0.4) is 0 Å². The van der Waals surface area contributed by atoms with Crippen molar-refractivity contribution in [1.29, 1.82) is 0 Å². The minimum Gasteiger partial charge on any atom is -0.482 e. The van der Waals surface area contributed by atoms with Gasteiger partial charge in [-0.25, -0.2) is 0 Å². The Hall–Kier alpha value is -3.32. The van der Waals surface area contributed by atoms with Crippen LogP contribution in [0.15, 0.2) is 48.5 Å². The molecular formula is C24H24ClN3O4. The second-order valence-corrected chi connectivity index (χ2v) is 8.20. The highest BCUT2D eigenvalue weighted by Gasteiger charge is 2.29. The third-order valence-corrected chi connectivity index (χ3v) is 5.72. The highest BCUT2D eigenvalue weighted by atomic mass is 35.5. The summed E-state index contributed by atoms with van der Waals surface area (Å²) in [6.07, 6.45) is 6.19. The maximum absolute atomic E-state index is 12.7. The first kappa shape index (κ1) is 21.9. The second kappa shape index (κ2) is 9.87. The molecule has 0 unspecified atom stereocenters. The van der Waals surface area contributed by atoms with Gasteiger partial charge >= 0.3 is 0 Å². The van der Waals surface area contributed by atoms with Crippen molar-refractivity contribution in [2.24, 2.45) is 0 Å². The zero-order valence-corrected chi connectivity index (χ0v) is 18.3. The highest BCUT2D eigenvalue weighted by molar-refractivity contribution is 6.30. The lowest BCUT2D eigenvalue weighted by Crippen LogP contribution is -2.47. The van der Waals surface area contributed by atoms with Crippen molar-refractivity contribution < 1.29 is 19.1 Å². The second-order valence-electron chi connectivity index (χ2n) is 7.77. The largest absolute Gasteiger partial charge is 0.482 e. The zero-order chi connectivity index (χ0) is 22.5. The van der Waals surface area contributed by atoms with Gasteiger partial charge in [-0.05, 0) is 61.2 Å². The van der Waals surface area contributed by atoms with Crippen molar-refractivity contribution in [2.75, 3.05) is 36.5 Å². The van der Waals surface area contributed by atoms with Gasteiger partial charge in [0.1, 0.15) is 12.3 Å². The summed E-state index contributed by atoms with van der Waals surface area (Å²) in [5.41, 5.74) is 1.82. The lowest BCUT2D eigenvalue weighted by Gasteiger charge is -2.33. The Morgan fingerprint density at radius 1 is 1.06 bits per heavy atom. The summed E-state index contributed by atoms with van der Waals surface area (Å²) in [5.74, 6) is -0.176. The average Bonchev–Trinajstić information content (AvgIpc) is 2.81. The Kier molecular flexibility index (Phi) is 6.75. The van der Waals surface area contributed by atoms with Crippen molar-refractivity contribution in [3.8, 4) is 5.75 Å². The van der Waals surface area contributed by atoms with Gasteiger partial charge < -0.3 is 15.0 Å². The molecule has 0 aromatic heterocycles. The fourth-order valence-electron chi connectivity index (χ4n) is 3.76. The monoisotopic (exact) mass is 453 g/mol. The number of hydrogen-bond donors (Lipinski definition) is 1. The molecule has 0 atom stereocenters. The molecule has 0 aliphatic carbocycles. The van der Waals surface area contributed by atoms with E-state index in [2.05, 4.69) is 5.32 Å². The molecule has 166 valence electrons. The van der Waals surface area contributed by atoms with E-state index < -0.39 is 0 Å². The van der Waals surface area contributed by atoms with E-state index in [0.717, 1.165) is 37.9 Å². The number of nitrogens with one attached hydrogen (secondary N) is 1. The fraction of sp³-hybridized carbons (Fsp3) is 0.292. The number of carbonyl (C=O) groups excluding carboxylic acids is 3. The van der Waals surface area contributed by atoms with Crippen molar-refractivity contribution in [3.63, 3.8) is 0 Å². The van der Waals surface area contributed by atoms with Gasteiger partial charge in [-0.1, -0.05) is 23.7 Å². The Balaban J connectivity index is 1.46. The van der Waals surface area contributed by atoms with Crippen LogP contribution >= 0.6 is 11.6 Å². The predicted molar refractivity (Wildman–Crippen MR) is 124 cm³/mol. The summed E-state index contributed by atoms with van der Waals surface area (Å²) in [6.45, 7) is 1.29. The minimum absolute atomic E-state index is 0.0386. The van der Waals surface area contributed by atoms with Crippen molar-refractivity contribution >= 4 is 46.8 Å². The summed E-state index contributed by atoms with van der Waals surface area (Å²) in [5, 5.41) is 3.41. The molecule has 1 fully saturated rings. The Morgan fingerprint density at radius 3 is 2.56 bits per heavy atom. The molecular weight excluding hydrogens is 430 g/mol. The summed E-state index contributed by atoms with van der Waals surface area (Å²) < 4.78 is 5.51. The number of ether oxygens (including phenoxy) is 1. The van der Waals surface area contributed by atoms with Crippen molar-refractivity contribution in [2.45, 2.75) is 19.3 Å². The molecule has 0 radical (unpaired) electrons. The SMILES string of the molecule is O=C(/C=C/c1ccc(Cl)cc1)Nc1ccc2c(c1)N(CC(=O)N1CCCCC1)C(=O)CO2. The van der Waals surface area contributed by atoms with E-state index >= 15 is 0 Å². The van der Waals surface area contributed by atoms with Gasteiger partial charge in [0.15, 0.2) is 6.61 Å². The smallest absolute Gasteiger partial charge is 0.265 e. The van der Waals surface area contributed by atoms with Crippen LogP contribution in [0.5, 0.6) is 5.75 Å². The molecule has 4 rings (SSSR count). The van der Waals surface area contributed by atoms with Gasteiger partial charge in [0, 0.05) is 29.9 Å². The van der Waals surface area contributed by atoms with Gasteiger partial charge in [0.25, 0.3) is 5.91 Å². The van der Waals surface area contributed by atoms with E-state index in [4.69, 9.17) is 16.3 Å². The number of halogens is 1. The molecule has 1 saturated heterocycles. The van der Waals surface area contributed by atoms with Crippen LogP contribution in [0.4, 0.5) is 11.4 Å². The maximum Gasteiger partial charge on any atom is 0.265 e. The van der Waals surface area contributed by atoms with Crippen LogP contribution in [0.25, 0.3) is 6.08 Å². The normalized spacial score (nSPS) is 16.0. The fourth-order valence-corrected chi connectivity index (χ4v) is 3.89. The lowest BCUT2D eigenvalue weighted by molar-refractivity contribution is -0.132. The molecule has 2 aromatic rings. The number of benzene rings is 2. The highest BCUT2D eigenvalue weighted by Crippen LogP contribution is 2.34. The molecule has 0 bridgehead atoms. The number of anilines is 2. The van der Waals surface area contributed by atoms with E-state index in [9.17, 15) is 14.4 Å². The van der Waals surface area contributed by atoms with E-state index in [1.165, 1.54) is 11.0 Å². The number of likely N-dealkylation sites (tertiary alicyclic amines) is 1. The molecule has 0 spiro atoms. The molecule has 2 aromatic carbocycles. The van der Waals surface area contributed by atoms with Crippen LogP contribution in [-0.2, 0) is 14.4 Å². The first-order chi connectivity index (χ1) is 15.5. The van der Waals surface area contributed by atoms with Crippen LogP contribution < -0.4 is 15.0 Å². The van der Waals surface area contributed by atoms with E-state index in [1.54, 1.807) is 41.3 Å². The van der Waals surface area contributed by atoms with Gasteiger partial charge in [0.2, 0.25) is 11.8 Å². The lowest BCUT2D eigenvalue weighted by atomic mass is 10.1. The van der Waals surface area contributed by atoms with Gasteiger partial charge in [-0.3, -0.25) is 19.3 Å². The third-order valence-electron chi connectivity index (χ3n) is 5.47. The van der Waals surface area contributed by atoms with Crippen LogP contribution in [-0.4, -0.2) is 48.9 Å². The van der Waals surface area contributed by atoms with E-state index in [1.807, 2.05) is 12.1 Å². The summed E-state index contributed by atoms with van der Waals surface area (Å²) in [7, 11) is 0. The van der Waals surface area contributed by atoms with E-state index in [0.29, 0.717) is 22.1 Å². The number of amides is 3. The topological polar surface area (TPSA) is 79.0 Å². The molecule has 3 amide bonds. The minimum atomic E-state index is -0.320. The van der Waals surface area contributed by atoms with Gasteiger partial charge in [0.05, 0.1) is 5.69 Å². The molecule has 2 heterocycles. The van der Waals surface area contributed by atoms with Crippen molar-refractivity contribution in [3.05, 3.63) is 59.1 Å². The van der Waals surface area contributed by atoms with Gasteiger partial charge in [-0.15, -0.1) is 0 Å². The number of hydrogen-bond acceptors (Lipinski definition) is 4. The summed E-state index contributed by atoms with van der Waals surface area (Å²) >= 11 is 5.87. The molecule has 2 aliphatic rings. The molecule has 32 heavy (non-hydrogen) atoms. The molecule has 1 N–H and O–H groups in total. The Bertz CT molecular complexity index is 1050. The van der Waals surface area contributed by atoms with E-state index in [-0.39, 0.29) is 30.9 Å². The first-order valence-electron chi connectivity index (χ1n) is 10.6. The maximum atomic E-state index is 12.7. The van der Waals surface area contributed by atoms with Crippen LogP contribution in [0.2, 0.25) is 5.02 Å². The van der Waals surface area contributed by atoms with Crippen LogP contribution in [0, 0.1) is 0 Å². The molecule has 0 saturated carbocycles. The molecule has 8 heteroatoms. The third kappa shape index (κ3) is 5.29. The zero-order valence-electron chi connectivity index (χ0n) is 17.6. The molecule has 7 nitrogen and oxygen atoms in total. The van der Waals surface area contributed by atoms with Crippen LogP contribution in [0.1, 0.15) is 24.8 Å². The standard InChI is InChI=1S/C24H24ClN3O4/c25-18-7-4-17(5-8-18)6-11-22(29)26-19-9-10-21-20(14-19)28(24(31)16-32-21)15-23(30)27-12-2-1-3-13-27/h4-11,14H,1-3,12-13,15-16H2,(H,26,29)/b11-6+. The number of fused-ring (bicyclic) bond motifs is 1. The number of piperidine rings is 1. The molecule has 2 aliphatic heterocycles. The predicted octanol–water partition coefficient (Wildman–Crippen LogP) is 3.73. The summed E-state index contributed by atoms with van der Waals surface area (Å²) in [6, 6.07) is 12.2. The number of nitrogens with zero attached hydrogens (tertiary/aromatic N) is 2. The number of rotatable bonds is 5. The quantitative estimate of drug-likeness (QED) is 0.699. The number of carbonyl (C=O) groups is 3. The van der Waals surface area contributed by atoms with Gasteiger partial charge in [-0.2, -0.15) is 0 Å². The average molecular weight is 454 g/mol. The first-order valence-corrected chi connectivity index (χ1v) is 11.0. The van der Waals surface area contributed by atoms with Crippen molar-refractivity contribution in [1.82, 2.24) is 4.90 Å². The Labute approximate surface area is 191 Å². The summed E-state index contributed by atoms with van der Waals surface area (Å²) in [4.78, 5) is 40.8.